The van der Waals surface area contributed by atoms with Gasteiger partial charge in [-0.15, -0.1) is 0 Å². The van der Waals surface area contributed by atoms with E-state index in [2.05, 4.69) is 0 Å². The third-order valence-electron chi connectivity index (χ3n) is 5.62. The van der Waals surface area contributed by atoms with Crippen LogP contribution in [0.15, 0.2) is 72.8 Å². The first-order valence-electron chi connectivity index (χ1n) is 10.9. The number of carbonyl (C=O) groups is 3. The summed E-state index contributed by atoms with van der Waals surface area (Å²) >= 11 is 0. The fourth-order valence-corrected chi connectivity index (χ4v) is 3.67. The maximum absolute atomic E-state index is 12.5. The Morgan fingerprint density at radius 1 is 0.882 bits per heavy atom. The second-order valence-corrected chi connectivity index (χ2v) is 8.07. The Labute approximate surface area is 197 Å². The third kappa shape index (κ3) is 5.43. The predicted molar refractivity (Wildman–Crippen MR) is 126 cm³/mol. The van der Waals surface area contributed by atoms with Crippen LogP contribution in [0.3, 0.4) is 0 Å². The maximum Gasteiger partial charge on any atom is 0.311 e. The first-order chi connectivity index (χ1) is 16.4. The van der Waals surface area contributed by atoms with Crippen LogP contribution in [0.5, 0.6) is 17.2 Å². The minimum Gasteiger partial charge on any atom is -0.497 e. The van der Waals surface area contributed by atoms with Gasteiger partial charge in [0.15, 0.2) is 12.4 Å². The highest BCUT2D eigenvalue weighted by atomic mass is 16.5. The molecule has 0 aliphatic carbocycles. The van der Waals surface area contributed by atoms with Gasteiger partial charge in [-0.1, -0.05) is 17.7 Å². The molecule has 1 aliphatic heterocycles. The maximum atomic E-state index is 12.5. The number of hydrogen-bond acceptors (Lipinski definition) is 6. The standard InChI is InChI=1S/C27H25NO6/c1-18-3-9-23(10-4-18)34-24-13-7-21(8-14-24)28-16-20(15-26(28)30)27(31)33-17-25(29)19-5-11-22(32-2)12-6-19/h3-14,20H,15-17H2,1-2H3/t20-/m0/s1. The molecule has 1 atom stereocenters. The van der Waals surface area contributed by atoms with Crippen molar-refractivity contribution in [3.05, 3.63) is 83.9 Å². The van der Waals surface area contributed by atoms with Crippen molar-refractivity contribution in [3.8, 4) is 17.2 Å². The number of ether oxygens (including phenoxy) is 3. The van der Waals surface area contributed by atoms with Gasteiger partial charge in [0, 0.05) is 24.2 Å². The number of esters is 1. The molecule has 7 nitrogen and oxygen atoms in total. The Bertz CT molecular complexity index is 1170. The Morgan fingerprint density at radius 3 is 2.09 bits per heavy atom. The van der Waals surface area contributed by atoms with Gasteiger partial charge >= 0.3 is 5.97 Å². The minimum absolute atomic E-state index is 0.0389. The van der Waals surface area contributed by atoms with Gasteiger partial charge in [0.25, 0.3) is 0 Å². The summed E-state index contributed by atoms with van der Waals surface area (Å²) in [6.45, 7) is 1.83. The second kappa shape index (κ2) is 10.2. The Kier molecular flexibility index (Phi) is 6.92. The predicted octanol–water partition coefficient (Wildman–Crippen LogP) is 4.57. The Balaban J connectivity index is 1.31. The number of methoxy groups -OCH3 is 1. The van der Waals surface area contributed by atoms with Gasteiger partial charge in [-0.05, 0) is 67.6 Å². The summed E-state index contributed by atoms with van der Waals surface area (Å²) in [4.78, 5) is 38.9. The van der Waals surface area contributed by atoms with Crippen molar-refractivity contribution in [2.75, 3.05) is 25.2 Å². The lowest BCUT2D eigenvalue weighted by Gasteiger charge is -2.17. The number of nitrogens with zero attached hydrogens (tertiary/aromatic N) is 1. The molecular weight excluding hydrogens is 434 g/mol. The first-order valence-corrected chi connectivity index (χ1v) is 10.9. The second-order valence-electron chi connectivity index (χ2n) is 8.07. The lowest BCUT2D eigenvalue weighted by molar-refractivity contribution is -0.147. The van der Waals surface area contributed by atoms with E-state index >= 15 is 0 Å². The molecule has 1 amide bonds. The van der Waals surface area contributed by atoms with Crippen LogP contribution in [0.25, 0.3) is 0 Å². The SMILES string of the molecule is COc1ccc(C(=O)COC(=O)[C@H]2CC(=O)N(c3ccc(Oc4ccc(C)cc4)cc3)C2)cc1. The highest BCUT2D eigenvalue weighted by Gasteiger charge is 2.36. The molecule has 1 aliphatic rings. The summed E-state index contributed by atoms with van der Waals surface area (Å²) in [7, 11) is 1.54. The van der Waals surface area contributed by atoms with E-state index in [0.717, 1.165) is 11.3 Å². The summed E-state index contributed by atoms with van der Waals surface area (Å²) in [6.07, 6.45) is 0.0389. The van der Waals surface area contributed by atoms with Crippen LogP contribution in [0.2, 0.25) is 0 Å². The van der Waals surface area contributed by atoms with E-state index in [-0.39, 0.29) is 31.3 Å². The number of ketones is 1. The third-order valence-corrected chi connectivity index (χ3v) is 5.62. The van der Waals surface area contributed by atoms with E-state index in [0.29, 0.717) is 22.7 Å². The molecule has 1 fully saturated rings. The number of benzene rings is 3. The van der Waals surface area contributed by atoms with Crippen molar-refractivity contribution >= 4 is 23.3 Å². The van der Waals surface area contributed by atoms with Crippen LogP contribution in [0.4, 0.5) is 5.69 Å². The molecule has 1 heterocycles. The quantitative estimate of drug-likeness (QED) is 0.362. The lowest BCUT2D eigenvalue weighted by Crippen LogP contribution is -2.27. The molecule has 0 bridgehead atoms. The fourth-order valence-electron chi connectivity index (χ4n) is 3.67. The number of Topliss-reactive ketones (excluding diaryl/α,β-unsaturated/α-hetero) is 1. The van der Waals surface area contributed by atoms with Gasteiger partial charge in [0.2, 0.25) is 5.91 Å². The molecule has 0 saturated carbocycles. The lowest BCUT2D eigenvalue weighted by atomic mass is 10.1. The average Bonchev–Trinajstić information content (AvgIpc) is 3.26. The monoisotopic (exact) mass is 459 g/mol. The number of aryl methyl sites for hydroxylation is 1. The number of hydrogen-bond donors (Lipinski definition) is 0. The normalized spacial score (nSPS) is 15.2. The Hall–Kier alpha value is -4.13. The van der Waals surface area contributed by atoms with Crippen LogP contribution < -0.4 is 14.4 Å². The summed E-state index contributed by atoms with van der Waals surface area (Å²) in [5, 5.41) is 0. The van der Waals surface area contributed by atoms with Gasteiger partial charge < -0.3 is 19.1 Å². The zero-order valence-corrected chi connectivity index (χ0v) is 19.0. The van der Waals surface area contributed by atoms with Crippen molar-refractivity contribution in [2.24, 2.45) is 5.92 Å². The molecule has 3 aromatic rings. The molecule has 34 heavy (non-hydrogen) atoms. The Morgan fingerprint density at radius 2 is 1.47 bits per heavy atom. The summed E-state index contributed by atoms with van der Waals surface area (Å²) in [6, 6.07) is 21.4. The summed E-state index contributed by atoms with van der Waals surface area (Å²) in [5.41, 5.74) is 2.24. The minimum atomic E-state index is -0.625. The van der Waals surface area contributed by atoms with Crippen LogP contribution in [-0.2, 0) is 14.3 Å². The molecule has 174 valence electrons. The summed E-state index contributed by atoms with van der Waals surface area (Å²) in [5.74, 6) is 0.330. The highest BCUT2D eigenvalue weighted by molar-refractivity contribution is 6.01. The topological polar surface area (TPSA) is 82.1 Å². The molecule has 0 aromatic heterocycles. The largest absolute Gasteiger partial charge is 0.497 e. The van der Waals surface area contributed by atoms with E-state index < -0.39 is 11.9 Å². The van der Waals surface area contributed by atoms with Gasteiger partial charge in [-0.3, -0.25) is 14.4 Å². The van der Waals surface area contributed by atoms with E-state index in [4.69, 9.17) is 14.2 Å². The van der Waals surface area contributed by atoms with Crippen LogP contribution in [-0.4, -0.2) is 37.9 Å². The molecule has 4 rings (SSSR count). The number of rotatable bonds is 8. The molecule has 3 aromatic carbocycles. The number of anilines is 1. The van der Waals surface area contributed by atoms with E-state index in [1.807, 2.05) is 31.2 Å². The number of carbonyl (C=O) groups excluding carboxylic acids is 3. The summed E-state index contributed by atoms with van der Waals surface area (Å²) < 4.78 is 16.1. The van der Waals surface area contributed by atoms with Crippen molar-refractivity contribution in [1.29, 1.82) is 0 Å². The van der Waals surface area contributed by atoms with Crippen LogP contribution in [0, 0.1) is 12.8 Å². The fraction of sp³-hybridized carbons (Fsp3) is 0.222. The van der Waals surface area contributed by atoms with E-state index in [1.165, 1.54) is 0 Å². The zero-order chi connectivity index (χ0) is 24.1. The molecule has 7 heteroatoms. The van der Waals surface area contributed by atoms with E-state index in [9.17, 15) is 14.4 Å². The molecule has 1 saturated heterocycles. The van der Waals surface area contributed by atoms with Crippen LogP contribution >= 0.6 is 0 Å². The average molecular weight is 459 g/mol. The van der Waals surface area contributed by atoms with Gasteiger partial charge in [0.05, 0.1) is 13.0 Å². The van der Waals surface area contributed by atoms with Crippen LogP contribution in [0.1, 0.15) is 22.3 Å². The molecule has 0 unspecified atom stereocenters. The van der Waals surface area contributed by atoms with Crippen molar-refractivity contribution in [2.45, 2.75) is 13.3 Å². The van der Waals surface area contributed by atoms with Crippen molar-refractivity contribution in [1.82, 2.24) is 0 Å². The van der Waals surface area contributed by atoms with Gasteiger partial charge in [-0.2, -0.15) is 0 Å². The van der Waals surface area contributed by atoms with Gasteiger partial charge in [0.1, 0.15) is 17.2 Å². The molecule has 0 spiro atoms. The smallest absolute Gasteiger partial charge is 0.311 e. The molecule has 0 radical (unpaired) electrons. The van der Waals surface area contributed by atoms with Gasteiger partial charge in [-0.25, -0.2) is 0 Å². The first kappa shape index (κ1) is 23.0. The number of amides is 1. The zero-order valence-electron chi connectivity index (χ0n) is 19.0. The molecule has 0 N–H and O–H groups in total. The van der Waals surface area contributed by atoms with Crippen molar-refractivity contribution < 1.29 is 28.6 Å². The van der Waals surface area contributed by atoms with Crippen molar-refractivity contribution in [3.63, 3.8) is 0 Å². The van der Waals surface area contributed by atoms with E-state index in [1.54, 1.807) is 60.5 Å². The molecular formula is C27H25NO6. The highest BCUT2D eigenvalue weighted by Crippen LogP contribution is 2.29.